The van der Waals surface area contributed by atoms with Gasteiger partial charge >= 0.3 is 0 Å². The Kier molecular flexibility index (Phi) is 8.65. The highest BCUT2D eigenvalue weighted by Gasteiger charge is 2.43. The minimum Gasteiger partial charge on any atom is -0.318 e. The van der Waals surface area contributed by atoms with E-state index < -0.39 is 32.0 Å². The van der Waals surface area contributed by atoms with Gasteiger partial charge in [0.1, 0.15) is 6.04 Å². The van der Waals surface area contributed by atoms with Crippen LogP contribution in [-0.4, -0.2) is 67.8 Å². The maximum atomic E-state index is 13.6. The molecule has 0 bridgehead atoms. The summed E-state index contributed by atoms with van der Waals surface area (Å²) in [5.74, 6) is -0.740. The van der Waals surface area contributed by atoms with Gasteiger partial charge in [-0.15, -0.1) is 0 Å². The lowest BCUT2D eigenvalue weighted by atomic mass is 10.2. The van der Waals surface area contributed by atoms with E-state index >= 15 is 0 Å². The lowest BCUT2D eigenvalue weighted by molar-refractivity contribution is -0.125. The highest BCUT2D eigenvalue weighted by Crippen LogP contribution is 2.26. The number of nitrogens with zero attached hydrogens (tertiary/aromatic N) is 4. The zero-order valence-electron chi connectivity index (χ0n) is 24.1. The Bertz CT molecular complexity index is 1850. The van der Waals surface area contributed by atoms with Gasteiger partial charge in [0.25, 0.3) is 5.91 Å². The molecule has 224 valence electrons. The third-order valence-corrected chi connectivity index (χ3v) is 11.3. The number of hydrogen-bond donors (Lipinski definition) is 1. The Morgan fingerprint density at radius 3 is 2.00 bits per heavy atom. The second-order valence-electron chi connectivity index (χ2n) is 10.4. The van der Waals surface area contributed by atoms with E-state index in [2.05, 4.69) is 15.1 Å². The first-order chi connectivity index (χ1) is 20.5. The predicted molar refractivity (Wildman–Crippen MR) is 165 cm³/mol. The zero-order chi connectivity index (χ0) is 30.8. The van der Waals surface area contributed by atoms with Gasteiger partial charge in [-0.2, -0.15) is 13.7 Å². The van der Waals surface area contributed by atoms with Crippen molar-refractivity contribution in [2.75, 3.05) is 19.6 Å². The van der Waals surface area contributed by atoms with Crippen LogP contribution in [0.1, 0.15) is 22.5 Å². The van der Waals surface area contributed by atoms with Crippen LogP contribution in [-0.2, 0) is 24.8 Å². The number of hydrogen-bond acceptors (Lipinski definition) is 6. The zero-order valence-corrected chi connectivity index (χ0v) is 25.7. The number of amides is 1. The summed E-state index contributed by atoms with van der Waals surface area (Å²) in [6, 6.07) is 24.3. The van der Waals surface area contributed by atoms with E-state index in [0.29, 0.717) is 0 Å². The Morgan fingerprint density at radius 1 is 0.814 bits per heavy atom. The third-order valence-electron chi connectivity index (χ3n) is 7.47. The van der Waals surface area contributed by atoms with Crippen LogP contribution in [0, 0.1) is 20.8 Å². The van der Waals surface area contributed by atoms with E-state index in [1.165, 1.54) is 30.5 Å². The van der Waals surface area contributed by atoms with Crippen molar-refractivity contribution in [1.29, 1.82) is 0 Å². The van der Waals surface area contributed by atoms with Crippen LogP contribution in [0.4, 0.5) is 0 Å². The highest BCUT2D eigenvalue weighted by molar-refractivity contribution is 7.89. The summed E-state index contributed by atoms with van der Waals surface area (Å²) in [4.78, 5) is 13.6. The molecular formula is C31H33N5O5S2. The lowest BCUT2D eigenvalue weighted by Gasteiger charge is -2.38. The van der Waals surface area contributed by atoms with Crippen LogP contribution in [0.3, 0.4) is 0 Å². The summed E-state index contributed by atoms with van der Waals surface area (Å²) >= 11 is 0. The summed E-state index contributed by atoms with van der Waals surface area (Å²) in [6.45, 7) is 5.25. The van der Waals surface area contributed by atoms with Gasteiger partial charge < -0.3 is 4.57 Å². The van der Waals surface area contributed by atoms with Gasteiger partial charge in [-0.05, 0) is 63.2 Å². The van der Waals surface area contributed by atoms with E-state index in [-0.39, 0.29) is 29.4 Å². The van der Waals surface area contributed by atoms with Crippen LogP contribution >= 0.6 is 0 Å². The van der Waals surface area contributed by atoms with Gasteiger partial charge in [-0.3, -0.25) is 4.79 Å². The van der Waals surface area contributed by atoms with Gasteiger partial charge in [0.15, 0.2) is 0 Å². The molecule has 0 spiro atoms. The van der Waals surface area contributed by atoms with Crippen LogP contribution in [0.25, 0.3) is 5.69 Å². The largest absolute Gasteiger partial charge is 0.318 e. The molecule has 4 aromatic rings. The summed E-state index contributed by atoms with van der Waals surface area (Å²) in [5, 5.41) is 4.15. The summed E-state index contributed by atoms with van der Waals surface area (Å²) < 4.78 is 58.2. The fraction of sp³-hybridized carbons (Fsp3) is 0.226. The van der Waals surface area contributed by atoms with Gasteiger partial charge in [-0.25, -0.2) is 22.3 Å². The number of carbonyl (C=O) groups excluding carboxylic acids is 1. The van der Waals surface area contributed by atoms with Crippen LogP contribution < -0.4 is 5.43 Å². The molecular weight excluding hydrogens is 587 g/mol. The van der Waals surface area contributed by atoms with Crippen LogP contribution in [0.2, 0.25) is 0 Å². The Hall–Kier alpha value is -4.10. The lowest BCUT2D eigenvalue weighted by Crippen LogP contribution is -2.60. The van der Waals surface area contributed by atoms with E-state index in [4.69, 9.17) is 0 Å². The monoisotopic (exact) mass is 619 g/mol. The molecule has 12 heteroatoms. The number of rotatable bonds is 8. The number of benzene rings is 3. The second kappa shape index (κ2) is 12.3. The molecule has 5 rings (SSSR count). The molecule has 2 heterocycles. The fourth-order valence-corrected chi connectivity index (χ4v) is 8.23. The topological polar surface area (TPSA) is 121 Å². The molecule has 1 saturated heterocycles. The molecule has 1 atom stereocenters. The van der Waals surface area contributed by atoms with Crippen molar-refractivity contribution in [2.24, 2.45) is 5.10 Å². The number of nitrogens with one attached hydrogen (secondary N) is 1. The van der Waals surface area contributed by atoms with E-state index in [9.17, 15) is 21.6 Å². The number of sulfonamides is 2. The molecule has 1 fully saturated rings. The molecule has 1 aliphatic rings. The minimum absolute atomic E-state index is 0.0132. The van der Waals surface area contributed by atoms with Crippen LogP contribution in [0.5, 0.6) is 0 Å². The molecule has 1 N–H and O–H groups in total. The van der Waals surface area contributed by atoms with E-state index in [1.54, 1.807) is 36.4 Å². The quantitative estimate of drug-likeness (QED) is 0.239. The first-order valence-corrected chi connectivity index (χ1v) is 16.6. The highest BCUT2D eigenvalue weighted by atomic mass is 32.2. The molecule has 10 nitrogen and oxygen atoms in total. The van der Waals surface area contributed by atoms with Crippen molar-refractivity contribution in [3.8, 4) is 5.69 Å². The average Bonchev–Trinajstić information content (AvgIpc) is 3.30. The molecule has 1 aromatic heterocycles. The maximum Gasteiger partial charge on any atom is 0.259 e. The number of aryl methyl sites for hydroxylation is 2. The number of aromatic nitrogens is 1. The first kappa shape index (κ1) is 30.4. The maximum absolute atomic E-state index is 13.6. The molecule has 43 heavy (non-hydrogen) atoms. The smallest absolute Gasteiger partial charge is 0.259 e. The predicted octanol–water partition coefficient (Wildman–Crippen LogP) is 3.62. The Balaban J connectivity index is 1.41. The second-order valence-corrected chi connectivity index (χ2v) is 14.2. The van der Waals surface area contributed by atoms with Gasteiger partial charge in [-0.1, -0.05) is 54.1 Å². The summed E-state index contributed by atoms with van der Waals surface area (Å²) in [5.41, 5.74) is 7.26. The average molecular weight is 620 g/mol. The van der Waals surface area contributed by atoms with E-state index in [0.717, 1.165) is 36.8 Å². The molecule has 0 radical (unpaired) electrons. The van der Waals surface area contributed by atoms with Crippen molar-refractivity contribution >= 4 is 32.2 Å². The van der Waals surface area contributed by atoms with Crippen molar-refractivity contribution < 1.29 is 21.6 Å². The number of carbonyl (C=O) groups is 1. The summed E-state index contributed by atoms with van der Waals surface area (Å²) in [6.07, 6.45) is 1.50. The fourth-order valence-electron chi connectivity index (χ4n) is 5.18. The van der Waals surface area contributed by atoms with Crippen molar-refractivity contribution in [1.82, 2.24) is 18.6 Å². The third kappa shape index (κ3) is 6.18. The number of piperazine rings is 1. The van der Waals surface area contributed by atoms with E-state index in [1.807, 2.05) is 51.1 Å². The van der Waals surface area contributed by atoms with Gasteiger partial charge in [0.2, 0.25) is 20.0 Å². The van der Waals surface area contributed by atoms with Gasteiger partial charge in [0.05, 0.1) is 16.0 Å². The van der Waals surface area contributed by atoms with Crippen molar-refractivity contribution in [2.45, 2.75) is 36.6 Å². The normalized spacial score (nSPS) is 16.9. The standard InChI is InChI=1S/C31H33N5O5S2/c1-23-14-16-27(17-15-23)36-24(2)20-26(25(36)3)21-32-33-31(37)30-22-34(42(38,39)28-10-6-4-7-11-28)18-19-35(30)43(40,41)29-12-8-5-9-13-29/h4-17,20-21,30H,18-19,22H2,1-3H3,(H,33,37)/b32-21-/t30-/m1/s1. The molecule has 1 aliphatic heterocycles. The molecule has 1 amide bonds. The minimum atomic E-state index is -4.11. The Morgan fingerprint density at radius 2 is 1.40 bits per heavy atom. The molecule has 3 aromatic carbocycles. The van der Waals surface area contributed by atoms with Gasteiger partial charge in [0, 0.05) is 42.3 Å². The first-order valence-electron chi connectivity index (χ1n) is 13.7. The van der Waals surface area contributed by atoms with Crippen LogP contribution in [0.15, 0.2) is 106 Å². The SMILES string of the molecule is Cc1ccc(-n2c(C)cc(/C=N\NC(=O)[C@H]3CN(S(=O)(=O)c4ccccc4)CCN3S(=O)(=O)c3ccccc3)c2C)cc1. The molecule has 0 unspecified atom stereocenters. The molecule has 0 aliphatic carbocycles. The number of hydrazone groups is 1. The summed E-state index contributed by atoms with van der Waals surface area (Å²) in [7, 11) is -8.09. The Labute approximate surface area is 252 Å². The molecule has 0 saturated carbocycles. The van der Waals surface area contributed by atoms with Crippen molar-refractivity contribution in [3.63, 3.8) is 0 Å². The van der Waals surface area contributed by atoms with Crippen molar-refractivity contribution in [3.05, 3.63) is 114 Å².